The van der Waals surface area contributed by atoms with Gasteiger partial charge in [0.15, 0.2) is 0 Å². The van der Waals surface area contributed by atoms with Crippen LogP contribution in [-0.4, -0.2) is 25.3 Å². The fourth-order valence-corrected chi connectivity index (χ4v) is 4.89. The van der Waals surface area contributed by atoms with Gasteiger partial charge in [-0.2, -0.15) is 0 Å². The van der Waals surface area contributed by atoms with Gasteiger partial charge < -0.3 is 9.47 Å². The zero-order valence-corrected chi connectivity index (χ0v) is 17.5. The molecule has 1 aliphatic rings. The highest BCUT2D eigenvalue weighted by Gasteiger charge is 2.25. The maximum absolute atomic E-state index is 5.95. The van der Waals surface area contributed by atoms with Gasteiger partial charge in [-0.15, -0.1) is 33.2 Å². The van der Waals surface area contributed by atoms with E-state index in [2.05, 4.69) is 31.2 Å². The molecule has 2 nitrogen and oxygen atoms in total. The van der Waals surface area contributed by atoms with E-state index in [1.807, 2.05) is 0 Å². The van der Waals surface area contributed by atoms with Crippen LogP contribution in [-0.2, 0) is 4.74 Å². The summed E-state index contributed by atoms with van der Waals surface area (Å²) in [5.74, 6) is 1.61. The molecule has 136 valence electrons. The van der Waals surface area contributed by atoms with Crippen LogP contribution >= 0.6 is 33.2 Å². The molecule has 0 radical (unpaired) electrons. The van der Waals surface area contributed by atoms with Gasteiger partial charge in [-0.05, 0) is 68.2 Å². The van der Waals surface area contributed by atoms with E-state index >= 15 is 0 Å². The minimum absolute atomic E-state index is 0.366. The number of ether oxygens (including phenoxy) is 2. The van der Waals surface area contributed by atoms with Crippen LogP contribution in [0.4, 0.5) is 0 Å². The van der Waals surface area contributed by atoms with E-state index in [4.69, 9.17) is 42.7 Å². The van der Waals surface area contributed by atoms with Gasteiger partial charge >= 0.3 is 6.00 Å². The Labute approximate surface area is 160 Å². The van der Waals surface area contributed by atoms with Crippen LogP contribution < -0.4 is 4.74 Å². The highest BCUT2D eigenvalue weighted by atomic mass is 35.8. The van der Waals surface area contributed by atoms with E-state index < -0.39 is 6.00 Å². The van der Waals surface area contributed by atoms with Crippen molar-refractivity contribution >= 4 is 39.2 Å². The molecule has 0 aliphatic heterocycles. The third-order valence-corrected chi connectivity index (χ3v) is 7.08. The molecule has 1 saturated carbocycles. The first kappa shape index (κ1) is 20.4. The molecule has 1 aliphatic carbocycles. The Morgan fingerprint density at radius 1 is 1.00 bits per heavy atom. The topological polar surface area (TPSA) is 18.5 Å². The predicted octanol–water partition coefficient (Wildman–Crippen LogP) is 6.56. The summed E-state index contributed by atoms with van der Waals surface area (Å²) in [5, 5.41) is 0. The number of hydrogen-bond donors (Lipinski definition) is 0. The quantitative estimate of drug-likeness (QED) is 0.261. The summed E-state index contributed by atoms with van der Waals surface area (Å²) in [5.41, 5.74) is 1.42. The van der Waals surface area contributed by atoms with E-state index in [9.17, 15) is 0 Å². The van der Waals surface area contributed by atoms with Crippen LogP contribution in [0.2, 0.25) is 6.04 Å². The maximum Gasteiger partial charge on any atom is 0.341 e. The van der Waals surface area contributed by atoms with Gasteiger partial charge in [0.05, 0.1) is 12.7 Å². The summed E-state index contributed by atoms with van der Waals surface area (Å²) in [4.78, 5) is 0. The molecule has 1 fully saturated rings. The number of benzene rings is 1. The summed E-state index contributed by atoms with van der Waals surface area (Å²) in [6.45, 7) is 3.61. The molecule has 0 atom stereocenters. The fraction of sp³-hybridized carbons (Fsp3) is 0.667. The highest BCUT2D eigenvalue weighted by molar-refractivity contribution is 7.64. The fourth-order valence-electron chi connectivity index (χ4n) is 3.14. The van der Waals surface area contributed by atoms with Crippen molar-refractivity contribution in [1.82, 2.24) is 0 Å². The molecular weight excluding hydrogens is 383 g/mol. The molecule has 2 rings (SSSR count). The monoisotopic (exact) mass is 408 g/mol. The summed E-state index contributed by atoms with van der Waals surface area (Å²) >= 11 is 17.7. The minimum Gasteiger partial charge on any atom is -0.494 e. The lowest BCUT2D eigenvalue weighted by Gasteiger charge is -2.29. The average molecular weight is 410 g/mol. The third kappa shape index (κ3) is 7.53. The van der Waals surface area contributed by atoms with Gasteiger partial charge in [0.1, 0.15) is 5.75 Å². The molecule has 1 aromatic carbocycles. The van der Waals surface area contributed by atoms with Gasteiger partial charge in [0, 0.05) is 6.61 Å². The van der Waals surface area contributed by atoms with Gasteiger partial charge in [0.25, 0.3) is 0 Å². The van der Waals surface area contributed by atoms with Crippen LogP contribution in [0.1, 0.15) is 56.9 Å². The molecule has 0 spiro atoms. The molecule has 24 heavy (non-hydrogen) atoms. The molecule has 0 bridgehead atoms. The maximum atomic E-state index is 5.95. The Bertz CT molecular complexity index is 468. The lowest BCUT2D eigenvalue weighted by atomic mass is 9.83. The minimum atomic E-state index is -2.49. The average Bonchev–Trinajstić information content (AvgIpc) is 2.57. The Morgan fingerprint density at radius 2 is 1.67 bits per heavy atom. The molecule has 0 aromatic heterocycles. The zero-order chi connectivity index (χ0) is 17.4. The Hall–Kier alpha value is 0.0669. The van der Waals surface area contributed by atoms with Crippen LogP contribution in [0.15, 0.2) is 24.3 Å². The Kier molecular flexibility index (Phi) is 8.72. The molecule has 0 heterocycles. The first-order valence-corrected chi connectivity index (χ1v) is 14.1. The van der Waals surface area contributed by atoms with E-state index in [-0.39, 0.29) is 0 Å². The second-order valence-corrected chi connectivity index (χ2v) is 15.8. The summed E-state index contributed by atoms with van der Waals surface area (Å²) in [6, 6.07) is 6.80. The van der Waals surface area contributed by atoms with E-state index in [0.717, 1.165) is 38.0 Å². The van der Waals surface area contributed by atoms with Crippen molar-refractivity contribution < 1.29 is 9.47 Å². The number of hydrogen-bond acceptors (Lipinski definition) is 2. The van der Waals surface area contributed by atoms with Crippen LogP contribution in [0.25, 0.3) is 0 Å². The standard InChI is InChI=1S/C18H27Cl3O2Si/c1-2-12-22-17-8-4-15(5-9-17)16-6-10-18(11-7-16)23-13-3-14-24(19,20)21/h4-5,8-9,16,18H,2-3,6-7,10-14H2,1H3/t16-,18-. The van der Waals surface area contributed by atoms with Gasteiger partial charge in [-0.25, -0.2) is 0 Å². The molecule has 1 aromatic rings. The van der Waals surface area contributed by atoms with Crippen molar-refractivity contribution in [2.45, 2.75) is 63.5 Å². The molecule has 0 unspecified atom stereocenters. The van der Waals surface area contributed by atoms with Crippen LogP contribution in [0.5, 0.6) is 5.75 Å². The second kappa shape index (κ2) is 10.3. The Morgan fingerprint density at radius 3 is 2.25 bits per heavy atom. The lowest BCUT2D eigenvalue weighted by molar-refractivity contribution is 0.0251. The first-order valence-electron chi connectivity index (χ1n) is 8.89. The zero-order valence-electron chi connectivity index (χ0n) is 14.3. The Balaban J connectivity index is 1.68. The number of halogens is 3. The van der Waals surface area contributed by atoms with Crippen molar-refractivity contribution in [2.75, 3.05) is 13.2 Å². The smallest absolute Gasteiger partial charge is 0.341 e. The predicted molar refractivity (Wildman–Crippen MR) is 106 cm³/mol. The molecule has 0 N–H and O–H groups in total. The van der Waals surface area contributed by atoms with Crippen LogP contribution in [0.3, 0.4) is 0 Å². The van der Waals surface area contributed by atoms with Gasteiger partial charge in [-0.1, -0.05) is 19.1 Å². The van der Waals surface area contributed by atoms with Gasteiger partial charge in [-0.3, -0.25) is 0 Å². The highest BCUT2D eigenvalue weighted by Crippen LogP contribution is 2.35. The van der Waals surface area contributed by atoms with Crippen molar-refractivity contribution in [3.63, 3.8) is 0 Å². The molecule has 0 saturated heterocycles. The van der Waals surface area contributed by atoms with Crippen molar-refractivity contribution in [2.24, 2.45) is 0 Å². The summed E-state index contributed by atoms with van der Waals surface area (Å²) in [6.07, 6.45) is 6.84. The molecular formula is C18H27Cl3O2Si. The second-order valence-electron chi connectivity index (χ2n) is 6.48. The molecule has 6 heteroatoms. The summed E-state index contributed by atoms with van der Waals surface area (Å²) < 4.78 is 11.6. The largest absolute Gasteiger partial charge is 0.494 e. The van der Waals surface area contributed by atoms with E-state index in [0.29, 0.717) is 24.7 Å². The van der Waals surface area contributed by atoms with Crippen molar-refractivity contribution in [3.8, 4) is 5.75 Å². The number of rotatable bonds is 9. The normalized spacial score (nSPS) is 21.7. The summed E-state index contributed by atoms with van der Waals surface area (Å²) in [7, 11) is 0. The van der Waals surface area contributed by atoms with Gasteiger partial charge in [0.2, 0.25) is 0 Å². The van der Waals surface area contributed by atoms with Crippen molar-refractivity contribution in [3.05, 3.63) is 29.8 Å². The van der Waals surface area contributed by atoms with Crippen molar-refractivity contribution in [1.29, 1.82) is 0 Å². The SMILES string of the molecule is CCCOc1ccc([C@H]2CC[C@H](OCCC[Si](Cl)(Cl)Cl)CC2)cc1. The van der Waals surface area contributed by atoms with Crippen LogP contribution in [0, 0.1) is 0 Å². The molecule has 0 amide bonds. The lowest BCUT2D eigenvalue weighted by Crippen LogP contribution is -2.22. The van der Waals surface area contributed by atoms with E-state index in [1.165, 1.54) is 18.4 Å². The van der Waals surface area contributed by atoms with E-state index in [1.54, 1.807) is 0 Å². The first-order chi connectivity index (χ1) is 11.5. The third-order valence-electron chi connectivity index (χ3n) is 4.46.